The molecule has 2 aliphatic carbocycles. The molecular formula is C69H50N4. The Morgan fingerprint density at radius 1 is 0.342 bits per heavy atom. The lowest BCUT2D eigenvalue weighted by atomic mass is 9.70. The van der Waals surface area contributed by atoms with Crippen LogP contribution in [0.4, 0.5) is 34.1 Å². The van der Waals surface area contributed by atoms with E-state index < -0.39 is 5.41 Å². The SMILES string of the molecule is CC(C)c1ccc(N(c2ccc(C#N)cc2)c2ccc3cc4c(cc3c2)C2(c3cc5cc(N(c6ccc(C#N)cc6)c6ccc(C(C)C)cc6)ccc5cc3-4)c3ccccc3-c3c2ccc2ccccc32)cc1. The summed E-state index contributed by atoms with van der Waals surface area (Å²) in [6.07, 6.45) is 0. The fraction of sp³-hybridized carbons (Fsp3) is 0.101. The van der Waals surface area contributed by atoms with Crippen molar-refractivity contribution >= 4 is 66.4 Å². The molecule has 73 heavy (non-hydrogen) atoms. The molecule has 11 aromatic carbocycles. The number of fused-ring (bicyclic) bond motifs is 14. The predicted octanol–water partition coefficient (Wildman–Crippen LogP) is 18.4. The Kier molecular flexibility index (Phi) is 10.2. The van der Waals surface area contributed by atoms with Crippen molar-refractivity contribution in [2.75, 3.05) is 9.80 Å². The quantitative estimate of drug-likeness (QED) is 0.152. The van der Waals surface area contributed by atoms with Crippen molar-refractivity contribution in [1.82, 2.24) is 0 Å². The molecule has 2 aliphatic rings. The molecule has 0 atom stereocenters. The number of hydrogen-bond acceptors (Lipinski definition) is 4. The minimum absolute atomic E-state index is 0.413. The molecule has 0 amide bonds. The van der Waals surface area contributed by atoms with Crippen molar-refractivity contribution in [2.45, 2.75) is 44.9 Å². The Bertz CT molecular complexity index is 3890. The molecule has 0 radical (unpaired) electrons. The van der Waals surface area contributed by atoms with Gasteiger partial charge in [-0.25, -0.2) is 0 Å². The summed E-state index contributed by atoms with van der Waals surface area (Å²) in [5.41, 5.74) is 19.6. The van der Waals surface area contributed by atoms with E-state index in [0.29, 0.717) is 23.0 Å². The summed E-state index contributed by atoms with van der Waals surface area (Å²) in [5, 5.41) is 26.6. The molecule has 0 aliphatic heterocycles. The maximum atomic E-state index is 9.74. The van der Waals surface area contributed by atoms with Crippen LogP contribution in [0.2, 0.25) is 0 Å². The summed E-state index contributed by atoms with van der Waals surface area (Å²) >= 11 is 0. The van der Waals surface area contributed by atoms with Gasteiger partial charge in [-0.1, -0.05) is 125 Å². The summed E-state index contributed by atoms with van der Waals surface area (Å²) in [6.45, 7) is 8.91. The average Bonchev–Trinajstić information content (AvgIpc) is 3.89. The molecule has 0 heterocycles. The maximum absolute atomic E-state index is 9.74. The van der Waals surface area contributed by atoms with Crippen molar-refractivity contribution in [3.8, 4) is 34.4 Å². The zero-order valence-electron chi connectivity index (χ0n) is 41.2. The fourth-order valence-corrected chi connectivity index (χ4v) is 12.0. The zero-order valence-corrected chi connectivity index (χ0v) is 41.2. The molecule has 0 bridgehead atoms. The highest BCUT2D eigenvalue weighted by Crippen LogP contribution is 2.65. The van der Waals surface area contributed by atoms with E-state index in [9.17, 15) is 10.5 Å². The molecule has 11 aromatic rings. The minimum atomic E-state index is -0.617. The Morgan fingerprint density at radius 3 is 1.25 bits per heavy atom. The van der Waals surface area contributed by atoms with Crippen LogP contribution < -0.4 is 9.80 Å². The normalized spacial score (nSPS) is 12.7. The first-order valence-corrected chi connectivity index (χ1v) is 25.3. The molecule has 1 spiro atoms. The Labute approximate surface area is 426 Å². The highest BCUT2D eigenvalue weighted by atomic mass is 15.1. The highest BCUT2D eigenvalue weighted by molar-refractivity contribution is 6.09. The smallest absolute Gasteiger partial charge is 0.0991 e. The minimum Gasteiger partial charge on any atom is -0.310 e. The van der Waals surface area contributed by atoms with Crippen molar-refractivity contribution in [3.05, 3.63) is 263 Å². The first-order valence-electron chi connectivity index (χ1n) is 25.3. The first-order chi connectivity index (χ1) is 35.7. The molecule has 4 nitrogen and oxygen atoms in total. The second kappa shape index (κ2) is 17.0. The largest absolute Gasteiger partial charge is 0.310 e. The van der Waals surface area contributed by atoms with Crippen LogP contribution in [0.15, 0.2) is 218 Å². The molecule has 13 rings (SSSR count). The molecule has 0 fully saturated rings. The molecule has 0 unspecified atom stereocenters. The Balaban J connectivity index is 1.05. The van der Waals surface area contributed by atoms with E-state index in [0.717, 1.165) is 44.9 Å². The Hall–Kier alpha value is -9.22. The molecule has 0 saturated heterocycles. The summed E-state index contributed by atoms with van der Waals surface area (Å²) in [5.74, 6) is 0.826. The molecule has 0 saturated carbocycles. The number of nitriles is 2. The number of benzene rings is 11. The van der Waals surface area contributed by atoms with E-state index >= 15 is 0 Å². The lowest BCUT2D eigenvalue weighted by Crippen LogP contribution is -2.26. The number of anilines is 6. The zero-order chi connectivity index (χ0) is 49.5. The maximum Gasteiger partial charge on any atom is 0.0991 e. The monoisotopic (exact) mass is 934 g/mol. The summed E-state index contributed by atoms with van der Waals surface area (Å²) in [6, 6.07) is 84.4. The van der Waals surface area contributed by atoms with E-state index in [1.165, 1.54) is 77.2 Å². The van der Waals surface area contributed by atoms with Gasteiger partial charge in [-0.15, -0.1) is 0 Å². The van der Waals surface area contributed by atoms with E-state index in [4.69, 9.17) is 0 Å². The van der Waals surface area contributed by atoms with E-state index in [1.54, 1.807) is 0 Å². The first kappa shape index (κ1) is 43.8. The highest BCUT2D eigenvalue weighted by Gasteiger charge is 2.52. The average molecular weight is 935 g/mol. The van der Waals surface area contributed by atoms with Gasteiger partial charge >= 0.3 is 0 Å². The lowest BCUT2D eigenvalue weighted by Gasteiger charge is -2.31. The van der Waals surface area contributed by atoms with Gasteiger partial charge in [0.05, 0.1) is 28.7 Å². The van der Waals surface area contributed by atoms with Gasteiger partial charge in [0.25, 0.3) is 0 Å². The summed E-state index contributed by atoms with van der Waals surface area (Å²) in [7, 11) is 0. The van der Waals surface area contributed by atoms with Crippen LogP contribution in [0.1, 0.15) is 84.0 Å². The topological polar surface area (TPSA) is 54.1 Å². The second-order valence-electron chi connectivity index (χ2n) is 20.3. The third-order valence-electron chi connectivity index (χ3n) is 15.6. The van der Waals surface area contributed by atoms with E-state index in [1.807, 2.05) is 48.5 Å². The third-order valence-corrected chi connectivity index (χ3v) is 15.6. The molecule has 0 N–H and O–H groups in total. The van der Waals surface area contributed by atoms with Crippen molar-refractivity contribution in [2.24, 2.45) is 0 Å². The van der Waals surface area contributed by atoms with Crippen molar-refractivity contribution < 1.29 is 0 Å². The lowest BCUT2D eigenvalue weighted by molar-refractivity contribution is 0.797. The van der Waals surface area contributed by atoms with Gasteiger partial charge in [0.15, 0.2) is 0 Å². The van der Waals surface area contributed by atoms with Crippen molar-refractivity contribution in [3.63, 3.8) is 0 Å². The third kappa shape index (κ3) is 6.87. The second-order valence-corrected chi connectivity index (χ2v) is 20.3. The number of nitrogens with zero attached hydrogens (tertiary/aromatic N) is 4. The molecular weight excluding hydrogens is 885 g/mol. The van der Waals surface area contributed by atoms with Crippen molar-refractivity contribution in [1.29, 1.82) is 10.5 Å². The molecule has 346 valence electrons. The van der Waals surface area contributed by atoms with Crippen LogP contribution >= 0.6 is 0 Å². The van der Waals surface area contributed by atoms with E-state index in [2.05, 4.69) is 219 Å². The van der Waals surface area contributed by atoms with Gasteiger partial charge in [-0.3, -0.25) is 0 Å². The van der Waals surface area contributed by atoms with Crippen LogP contribution in [0, 0.1) is 22.7 Å². The molecule has 0 aromatic heterocycles. The van der Waals surface area contributed by atoms with Gasteiger partial charge in [-0.05, 0) is 221 Å². The summed E-state index contributed by atoms with van der Waals surface area (Å²) in [4.78, 5) is 4.61. The summed E-state index contributed by atoms with van der Waals surface area (Å²) < 4.78 is 0. The van der Waals surface area contributed by atoms with Gasteiger partial charge in [-0.2, -0.15) is 10.5 Å². The van der Waals surface area contributed by atoms with Gasteiger partial charge < -0.3 is 9.80 Å². The Morgan fingerprint density at radius 2 is 0.767 bits per heavy atom. The van der Waals surface area contributed by atoms with E-state index in [-0.39, 0.29) is 0 Å². The van der Waals surface area contributed by atoms with Crippen LogP contribution in [0.5, 0.6) is 0 Å². The van der Waals surface area contributed by atoms with Gasteiger partial charge in [0, 0.05) is 34.1 Å². The van der Waals surface area contributed by atoms with Crippen LogP contribution in [0.25, 0.3) is 54.6 Å². The number of rotatable bonds is 8. The standard InChI is InChI=1S/C69H50N4/c1-43(2)47-17-28-56(29-18-47)72(54-24-13-45(41-70)14-25-54)58-32-21-50-37-62-63-38-51-22-33-59(73(55-26-15-46(42-71)16-27-55)57-30-19-48(20-31-57)44(3)4)36-53(51)40-67(63)69(66(62)39-52(50)35-58)64-12-8-7-11-61(64)68-60-10-6-5-9-49(60)23-34-65(68)69/h5-40,43-44H,1-4H3. The van der Waals surface area contributed by atoms with Gasteiger partial charge in [0.2, 0.25) is 0 Å². The van der Waals surface area contributed by atoms with Crippen LogP contribution in [-0.2, 0) is 5.41 Å². The molecule has 4 heteroatoms. The van der Waals surface area contributed by atoms with Crippen LogP contribution in [0.3, 0.4) is 0 Å². The fourth-order valence-electron chi connectivity index (χ4n) is 12.0. The predicted molar refractivity (Wildman–Crippen MR) is 302 cm³/mol. The van der Waals surface area contributed by atoms with Gasteiger partial charge in [0.1, 0.15) is 0 Å². The number of hydrogen-bond donors (Lipinski definition) is 0. The van der Waals surface area contributed by atoms with Crippen LogP contribution in [-0.4, -0.2) is 0 Å².